The first-order valence-corrected chi connectivity index (χ1v) is 10.1. The number of nitrogens with zero attached hydrogens (tertiary/aromatic N) is 3. The number of halogens is 1. The molecule has 2 aromatic heterocycles. The molecule has 32 heavy (non-hydrogen) atoms. The molecule has 0 unspecified atom stereocenters. The fourth-order valence-electron chi connectivity index (χ4n) is 3.41. The van der Waals surface area contributed by atoms with Crippen molar-refractivity contribution < 1.29 is 9.53 Å². The zero-order valence-electron chi connectivity index (χ0n) is 17.1. The maximum atomic E-state index is 13.3. The molecule has 0 radical (unpaired) electrons. The second kappa shape index (κ2) is 9.07. The highest BCUT2D eigenvalue weighted by molar-refractivity contribution is 6.31. The smallest absolute Gasteiger partial charge is 0.333 e. The van der Waals surface area contributed by atoms with Gasteiger partial charge in [-0.3, -0.25) is 18.7 Å². The zero-order valence-corrected chi connectivity index (χ0v) is 17.9. The summed E-state index contributed by atoms with van der Waals surface area (Å²) in [6.07, 6.45) is 1.47. The molecule has 1 N–H and O–H groups in total. The molecule has 2 heterocycles. The summed E-state index contributed by atoms with van der Waals surface area (Å²) in [5.41, 5.74) is 0.0557. The van der Waals surface area contributed by atoms with Crippen LogP contribution in [0.3, 0.4) is 0 Å². The van der Waals surface area contributed by atoms with Gasteiger partial charge in [-0.1, -0.05) is 41.9 Å². The van der Waals surface area contributed by atoms with E-state index in [1.165, 1.54) is 17.9 Å². The number of para-hydroxylation sites is 2. The van der Waals surface area contributed by atoms with Crippen molar-refractivity contribution in [2.75, 3.05) is 12.4 Å². The van der Waals surface area contributed by atoms with Crippen LogP contribution in [-0.4, -0.2) is 27.1 Å². The van der Waals surface area contributed by atoms with Gasteiger partial charge in [-0.05, 0) is 35.9 Å². The van der Waals surface area contributed by atoms with Gasteiger partial charge in [0.1, 0.15) is 17.9 Å². The van der Waals surface area contributed by atoms with Crippen molar-refractivity contribution in [2.45, 2.75) is 13.1 Å². The van der Waals surface area contributed by atoms with Gasteiger partial charge in [0, 0.05) is 11.2 Å². The molecule has 9 heteroatoms. The summed E-state index contributed by atoms with van der Waals surface area (Å²) < 4.78 is 7.49. The first kappa shape index (κ1) is 21.3. The largest absolute Gasteiger partial charge is 0.495 e. The number of hydrogen-bond donors (Lipinski definition) is 1. The van der Waals surface area contributed by atoms with Gasteiger partial charge in [0.05, 0.1) is 24.7 Å². The van der Waals surface area contributed by atoms with Crippen LogP contribution in [0.5, 0.6) is 5.75 Å². The Morgan fingerprint density at radius 2 is 1.78 bits per heavy atom. The molecule has 1 amide bonds. The second-order valence-corrected chi connectivity index (χ2v) is 7.38. The summed E-state index contributed by atoms with van der Waals surface area (Å²) in [5.74, 6) is 0.0198. The maximum Gasteiger partial charge on any atom is 0.333 e. The van der Waals surface area contributed by atoms with Crippen LogP contribution in [0.1, 0.15) is 5.56 Å². The lowest BCUT2D eigenvalue weighted by Crippen LogP contribution is -2.42. The number of aromatic nitrogens is 3. The number of benzene rings is 2. The van der Waals surface area contributed by atoms with Crippen molar-refractivity contribution >= 4 is 34.2 Å². The van der Waals surface area contributed by atoms with Crippen LogP contribution in [0.25, 0.3) is 11.0 Å². The zero-order chi connectivity index (χ0) is 22.7. The van der Waals surface area contributed by atoms with E-state index < -0.39 is 17.2 Å². The van der Waals surface area contributed by atoms with Crippen molar-refractivity contribution in [1.82, 2.24) is 14.1 Å². The number of nitrogens with one attached hydrogen (secondary N) is 1. The lowest BCUT2D eigenvalue weighted by molar-refractivity contribution is -0.116. The molecule has 0 aliphatic rings. The molecule has 0 saturated heterocycles. The molecule has 4 rings (SSSR count). The van der Waals surface area contributed by atoms with Crippen LogP contribution in [0, 0.1) is 0 Å². The molecule has 8 nitrogen and oxygen atoms in total. The van der Waals surface area contributed by atoms with E-state index in [1.807, 2.05) is 0 Å². The molecule has 0 aliphatic heterocycles. The van der Waals surface area contributed by atoms with Crippen LogP contribution in [-0.2, 0) is 17.9 Å². The minimum Gasteiger partial charge on any atom is -0.495 e. The van der Waals surface area contributed by atoms with Crippen molar-refractivity contribution in [1.29, 1.82) is 0 Å². The lowest BCUT2D eigenvalue weighted by atomic mass is 10.2. The molecule has 162 valence electrons. The van der Waals surface area contributed by atoms with Gasteiger partial charge < -0.3 is 10.1 Å². The Morgan fingerprint density at radius 3 is 2.56 bits per heavy atom. The Kier molecular flexibility index (Phi) is 6.04. The minimum atomic E-state index is -0.656. The molecule has 0 fully saturated rings. The van der Waals surface area contributed by atoms with Gasteiger partial charge in [0.15, 0.2) is 0 Å². The van der Waals surface area contributed by atoms with Crippen LogP contribution >= 0.6 is 11.6 Å². The normalized spacial score (nSPS) is 10.8. The molecular formula is C23H19ClN4O4. The number of rotatable bonds is 6. The number of pyridine rings is 1. The highest BCUT2D eigenvalue weighted by atomic mass is 35.5. The maximum absolute atomic E-state index is 13.3. The number of carbonyl (C=O) groups is 1. The number of amides is 1. The van der Waals surface area contributed by atoms with E-state index in [1.54, 1.807) is 60.7 Å². The van der Waals surface area contributed by atoms with E-state index in [0.717, 1.165) is 4.57 Å². The van der Waals surface area contributed by atoms with Crippen LogP contribution < -0.4 is 21.3 Å². The number of methoxy groups -OCH3 is 1. The predicted molar refractivity (Wildman–Crippen MR) is 122 cm³/mol. The number of ether oxygens (including phenoxy) is 1. The molecular weight excluding hydrogens is 432 g/mol. The fraction of sp³-hybridized carbons (Fsp3) is 0.130. The first-order chi connectivity index (χ1) is 15.5. The highest BCUT2D eigenvalue weighted by Crippen LogP contribution is 2.23. The Labute approximate surface area is 187 Å². The van der Waals surface area contributed by atoms with E-state index in [9.17, 15) is 14.4 Å². The van der Waals surface area contributed by atoms with E-state index in [4.69, 9.17) is 16.3 Å². The van der Waals surface area contributed by atoms with Gasteiger partial charge in [-0.2, -0.15) is 0 Å². The Hall–Kier alpha value is -3.91. The van der Waals surface area contributed by atoms with Crippen LogP contribution in [0.15, 0.2) is 76.4 Å². The summed E-state index contributed by atoms with van der Waals surface area (Å²) in [6.45, 7) is -0.372. The molecule has 0 aliphatic carbocycles. The van der Waals surface area contributed by atoms with E-state index in [2.05, 4.69) is 10.3 Å². The van der Waals surface area contributed by atoms with Gasteiger partial charge in [0.2, 0.25) is 5.91 Å². The monoisotopic (exact) mass is 450 g/mol. The van der Waals surface area contributed by atoms with Gasteiger partial charge in [0.25, 0.3) is 5.56 Å². The van der Waals surface area contributed by atoms with Gasteiger partial charge in [-0.25, -0.2) is 9.78 Å². The molecule has 4 aromatic rings. The van der Waals surface area contributed by atoms with Crippen molar-refractivity contribution in [3.8, 4) is 5.75 Å². The van der Waals surface area contributed by atoms with Crippen molar-refractivity contribution in [3.05, 3.63) is 98.3 Å². The third kappa shape index (κ3) is 4.13. The molecule has 0 bridgehead atoms. The number of anilines is 1. The van der Waals surface area contributed by atoms with E-state index in [0.29, 0.717) is 22.0 Å². The summed E-state index contributed by atoms with van der Waals surface area (Å²) >= 11 is 6.23. The SMILES string of the molecule is COc1ccccc1NC(=O)Cn1c(=O)n(Cc2ccccc2Cl)c(=O)c2cccnc21. The van der Waals surface area contributed by atoms with Crippen molar-refractivity contribution in [2.24, 2.45) is 0 Å². The first-order valence-electron chi connectivity index (χ1n) is 9.74. The van der Waals surface area contributed by atoms with Gasteiger partial charge in [-0.15, -0.1) is 0 Å². The highest BCUT2D eigenvalue weighted by Gasteiger charge is 2.18. The Balaban J connectivity index is 1.77. The molecule has 0 saturated carbocycles. The summed E-state index contributed by atoms with van der Waals surface area (Å²) in [5, 5.41) is 3.40. The molecule has 0 atom stereocenters. The van der Waals surface area contributed by atoms with E-state index in [-0.39, 0.29) is 24.1 Å². The summed E-state index contributed by atoms with van der Waals surface area (Å²) in [4.78, 5) is 43.3. The van der Waals surface area contributed by atoms with E-state index >= 15 is 0 Å². The summed E-state index contributed by atoms with van der Waals surface area (Å²) in [7, 11) is 1.50. The summed E-state index contributed by atoms with van der Waals surface area (Å²) in [6, 6.07) is 17.1. The van der Waals surface area contributed by atoms with Gasteiger partial charge >= 0.3 is 5.69 Å². The van der Waals surface area contributed by atoms with Crippen molar-refractivity contribution in [3.63, 3.8) is 0 Å². The minimum absolute atomic E-state index is 0.0314. The number of fused-ring (bicyclic) bond motifs is 1. The lowest BCUT2D eigenvalue weighted by Gasteiger charge is -2.14. The molecule has 0 spiro atoms. The quantitative estimate of drug-likeness (QED) is 0.487. The second-order valence-electron chi connectivity index (χ2n) is 6.97. The number of hydrogen-bond acceptors (Lipinski definition) is 5. The third-order valence-corrected chi connectivity index (χ3v) is 5.32. The average Bonchev–Trinajstić information content (AvgIpc) is 2.81. The third-order valence-electron chi connectivity index (χ3n) is 4.95. The number of carbonyl (C=O) groups excluding carboxylic acids is 1. The average molecular weight is 451 g/mol. The Morgan fingerprint density at radius 1 is 1.03 bits per heavy atom. The predicted octanol–water partition coefficient (Wildman–Crippen LogP) is 2.91. The van der Waals surface area contributed by atoms with Crippen LogP contribution in [0.2, 0.25) is 5.02 Å². The fourth-order valence-corrected chi connectivity index (χ4v) is 3.60. The van der Waals surface area contributed by atoms with Crippen LogP contribution in [0.4, 0.5) is 5.69 Å². The topological polar surface area (TPSA) is 95.2 Å². The standard InChI is InChI=1S/C23H19ClN4O4/c1-32-19-11-5-4-10-18(19)26-20(29)14-27-21-16(8-6-12-25-21)22(30)28(23(27)31)13-15-7-2-3-9-17(15)24/h2-12H,13-14H2,1H3,(H,26,29). The molecule has 2 aromatic carbocycles. The Bertz CT molecular complexity index is 1430.